The predicted octanol–water partition coefficient (Wildman–Crippen LogP) is 6.11. The molecule has 0 N–H and O–H groups in total. The van der Waals surface area contributed by atoms with E-state index in [1.807, 2.05) is 73.1 Å². The van der Waals surface area contributed by atoms with Crippen molar-refractivity contribution in [2.45, 2.75) is 33.3 Å². The van der Waals surface area contributed by atoms with Gasteiger partial charge >= 0.3 is 0 Å². The number of rotatable bonds is 6. The lowest BCUT2D eigenvalue weighted by Crippen LogP contribution is -2.16. The van der Waals surface area contributed by atoms with Gasteiger partial charge in [-0.05, 0) is 67.8 Å². The van der Waals surface area contributed by atoms with Crippen LogP contribution in [0.4, 0.5) is 0 Å². The average molecular weight is 545 g/mol. The van der Waals surface area contributed by atoms with Crippen LogP contribution < -0.4 is 14.2 Å². The molecule has 1 unspecified atom stereocenters. The smallest absolute Gasteiger partial charge is 0.230 e. The Morgan fingerprint density at radius 3 is 2.46 bits per heavy atom. The Morgan fingerprint density at radius 2 is 1.68 bits per heavy atom. The Bertz CT molecular complexity index is 1890. The van der Waals surface area contributed by atoms with Crippen LogP contribution in [0, 0.1) is 20.8 Å². The topological polar surface area (TPSA) is 88.6 Å². The molecule has 9 nitrogen and oxygen atoms in total. The molecule has 0 aliphatic carbocycles. The molecule has 41 heavy (non-hydrogen) atoms. The van der Waals surface area contributed by atoms with Crippen LogP contribution in [0.1, 0.15) is 45.3 Å². The van der Waals surface area contributed by atoms with Gasteiger partial charge in [0.1, 0.15) is 24.4 Å². The largest absolute Gasteiger partial charge is 0.497 e. The lowest BCUT2D eigenvalue weighted by atomic mass is 9.84. The van der Waals surface area contributed by atoms with Crippen LogP contribution in [-0.4, -0.2) is 36.5 Å². The summed E-state index contributed by atoms with van der Waals surface area (Å²) in [6.45, 7) is 6.35. The first-order valence-electron chi connectivity index (χ1n) is 13.4. The Kier molecular flexibility index (Phi) is 5.92. The first-order valence-corrected chi connectivity index (χ1v) is 13.4. The van der Waals surface area contributed by atoms with E-state index < -0.39 is 0 Å². The van der Waals surface area contributed by atoms with E-state index in [0.29, 0.717) is 23.2 Å². The van der Waals surface area contributed by atoms with Crippen LogP contribution in [0.15, 0.2) is 79.1 Å². The summed E-state index contributed by atoms with van der Waals surface area (Å²) in [5.74, 6) is 3.01. The van der Waals surface area contributed by atoms with Crippen molar-refractivity contribution < 1.29 is 14.2 Å². The van der Waals surface area contributed by atoms with E-state index in [-0.39, 0.29) is 12.5 Å². The zero-order valence-electron chi connectivity index (χ0n) is 23.2. The van der Waals surface area contributed by atoms with E-state index in [2.05, 4.69) is 30.1 Å². The Hall–Kier alpha value is -5.18. The van der Waals surface area contributed by atoms with Crippen LogP contribution in [0.2, 0.25) is 0 Å². The second-order valence-electron chi connectivity index (χ2n) is 10.1. The summed E-state index contributed by atoms with van der Waals surface area (Å²) in [4.78, 5) is 9.61. The summed E-state index contributed by atoms with van der Waals surface area (Å²) in [7, 11) is 1.66. The number of aryl methyl sites for hydroxylation is 2. The van der Waals surface area contributed by atoms with E-state index in [4.69, 9.17) is 29.4 Å². The fraction of sp³-hybridized carbons (Fsp3) is 0.188. The van der Waals surface area contributed by atoms with Gasteiger partial charge < -0.3 is 14.2 Å². The molecule has 0 bridgehead atoms. The SMILES string of the molecule is COc1ccc(C2c3c(C)nn(-c4ccccc4)c3Oc3ncn4nc(COc5cccc(C)c5C)nc4c32)cc1. The molecule has 1 aliphatic rings. The number of hydrogen-bond donors (Lipinski definition) is 0. The number of nitrogens with zero attached hydrogens (tertiary/aromatic N) is 6. The zero-order valence-corrected chi connectivity index (χ0v) is 23.2. The summed E-state index contributed by atoms with van der Waals surface area (Å²) in [5, 5.41) is 9.59. The molecule has 7 rings (SSSR count). The molecule has 6 aromatic rings. The van der Waals surface area contributed by atoms with E-state index in [0.717, 1.165) is 45.1 Å². The molecule has 1 aliphatic heterocycles. The minimum atomic E-state index is -0.245. The molecular formula is C32H28N6O3. The van der Waals surface area contributed by atoms with Gasteiger partial charge in [-0.25, -0.2) is 19.2 Å². The van der Waals surface area contributed by atoms with Gasteiger partial charge in [-0.15, -0.1) is 5.10 Å². The number of aromatic nitrogens is 6. The highest BCUT2D eigenvalue weighted by Gasteiger charge is 2.38. The van der Waals surface area contributed by atoms with Gasteiger partial charge in [0.15, 0.2) is 11.5 Å². The van der Waals surface area contributed by atoms with E-state index in [1.165, 1.54) is 5.56 Å². The minimum Gasteiger partial charge on any atom is -0.497 e. The molecule has 0 spiro atoms. The molecule has 0 saturated carbocycles. The quantitative estimate of drug-likeness (QED) is 0.250. The molecule has 1 atom stereocenters. The maximum Gasteiger partial charge on any atom is 0.230 e. The lowest BCUT2D eigenvalue weighted by molar-refractivity contribution is 0.294. The van der Waals surface area contributed by atoms with Gasteiger partial charge in [0, 0.05) is 0 Å². The highest BCUT2D eigenvalue weighted by molar-refractivity contribution is 5.66. The molecule has 0 saturated heterocycles. The highest BCUT2D eigenvalue weighted by Crippen LogP contribution is 2.49. The number of para-hydroxylation sites is 1. The second-order valence-corrected chi connectivity index (χ2v) is 10.1. The summed E-state index contributed by atoms with van der Waals surface area (Å²) in [6.07, 6.45) is 1.63. The van der Waals surface area contributed by atoms with Crippen molar-refractivity contribution in [3.05, 3.63) is 118 Å². The van der Waals surface area contributed by atoms with Crippen LogP contribution in [0.3, 0.4) is 0 Å². The van der Waals surface area contributed by atoms with Gasteiger partial charge in [-0.3, -0.25) is 0 Å². The summed E-state index contributed by atoms with van der Waals surface area (Å²) < 4.78 is 21.6. The lowest BCUT2D eigenvalue weighted by Gasteiger charge is -2.26. The summed E-state index contributed by atoms with van der Waals surface area (Å²) in [6, 6.07) is 24.0. The standard InChI is InChI=1S/C32H28N6O3/c1-19-9-8-12-25(20(19)2)40-17-26-34-30-29-28(22-13-15-24(39-4)16-14-22)27-21(3)35-38(23-10-6-5-7-11-23)32(27)41-31(29)33-18-37(30)36-26/h5-16,18,28H,17H2,1-4H3. The van der Waals surface area contributed by atoms with Crippen LogP contribution in [-0.2, 0) is 6.61 Å². The van der Waals surface area contributed by atoms with E-state index >= 15 is 0 Å². The number of benzene rings is 3. The molecule has 3 aromatic heterocycles. The Labute approximate surface area is 237 Å². The summed E-state index contributed by atoms with van der Waals surface area (Å²) in [5.41, 5.74) is 7.51. The fourth-order valence-electron chi connectivity index (χ4n) is 5.38. The van der Waals surface area contributed by atoms with Crippen LogP contribution >= 0.6 is 0 Å². The van der Waals surface area contributed by atoms with Gasteiger partial charge in [0.05, 0.1) is 35.5 Å². The van der Waals surface area contributed by atoms with Gasteiger partial charge in [-0.1, -0.05) is 42.5 Å². The van der Waals surface area contributed by atoms with Crippen molar-refractivity contribution in [1.29, 1.82) is 0 Å². The van der Waals surface area contributed by atoms with Crippen molar-refractivity contribution in [2.24, 2.45) is 0 Å². The minimum absolute atomic E-state index is 0.227. The normalized spacial score (nSPS) is 13.9. The molecule has 0 fully saturated rings. The Morgan fingerprint density at radius 1 is 0.878 bits per heavy atom. The molecular weight excluding hydrogens is 516 g/mol. The Balaban J connectivity index is 1.36. The zero-order chi connectivity index (χ0) is 28.1. The van der Waals surface area contributed by atoms with Gasteiger partial charge in [-0.2, -0.15) is 5.10 Å². The van der Waals surface area contributed by atoms with Gasteiger partial charge in [0.2, 0.25) is 11.8 Å². The maximum atomic E-state index is 6.51. The van der Waals surface area contributed by atoms with Gasteiger partial charge in [0.25, 0.3) is 0 Å². The number of ether oxygens (including phenoxy) is 3. The third-order valence-electron chi connectivity index (χ3n) is 7.63. The number of fused-ring (bicyclic) bond motifs is 4. The molecule has 9 heteroatoms. The molecule has 0 radical (unpaired) electrons. The van der Waals surface area contributed by atoms with Crippen molar-refractivity contribution in [2.75, 3.05) is 7.11 Å². The molecule has 0 amide bonds. The second kappa shape index (κ2) is 9.78. The first kappa shape index (κ1) is 24.8. The predicted molar refractivity (Wildman–Crippen MR) is 153 cm³/mol. The molecule has 204 valence electrons. The van der Waals surface area contributed by atoms with Crippen molar-refractivity contribution in [3.63, 3.8) is 0 Å². The van der Waals surface area contributed by atoms with E-state index in [1.54, 1.807) is 18.0 Å². The first-order chi connectivity index (χ1) is 20.0. The number of hydrogen-bond acceptors (Lipinski definition) is 7. The monoisotopic (exact) mass is 544 g/mol. The molecule has 4 heterocycles. The van der Waals surface area contributed by atoms with Crippen LogP contribution in [0.25, 0.3) is 11.3 Å². The van der Waals surface area contributed by atoms with Crippen LogP contribution in [0.5, 0.6) is 23.3 Å². The van der Waals surface area contributed by atoms with Crippen molar-refractivity contribution >= 4 is 5.65 Å². The highest BCUT2D eigenvalue weighted by atomic mass is 16.5. The van der Waals surface area contributed by atoms with Crippen molar-refractivity contribution in [3.8, 4) is 28.9 Å². The van der Waals surface area contributed by atoms with Crippen molar-refractivity contribution in [1.82, 2.24) is 29.4 Å². The average Bonchev–Trinajstić information content (AvgIpc) is 3.58. The molecule has 3 aromatic carbocycles. The fourth-order valence-corrected chi connectivity index (χ4v) is 5.38. The maximum absolute atomic E-state index is 6.51. The third kappa shape index (κ3) is 4.17. The van der Waals surface area contributed by atoms with E-state index in [9.17, 15) is 0 Å². The number of methoxy groups -OCH3 is 1. The third-order valence-corrected chi connectivity index (χ3v) is 7.63. The summed E-state index contributed by atoms with van der Waals surface area (Å²) >= 11 is 0.